The summed E-state index contributed by atoms with van der Waals surface area (Å²) in [6, 6.07) is 17.0. The van der Waals surface area contributed by atoms with Crippen molar-refractivity contribution in [2.75, 3.05) is 0 Å². The van der Waals surface area contributed by atoms with E-state index in [4.69, 9.17) is 23.7 Å². The molecule has 188 valence electrons. The second-order valence-electron chi connectivity index (χ2n) is 8.75. The van der Waals surface area contributed by atoms with Gasteiger partial charge < -0.3 is 33.9 Å². The summed E-state index contributed by atoms with van der Waals surface area (Å²) in [5.41, 5.74) is 0.754. The van der Waals surface area contributed by atoms with Gasteiger partial charge in [-0.1, -0.05) is 36.4 Å². The van der Waals surface area contributed by atoms with Crippen molar-refractivity contribution in [3.8, 4) is 0 Å². The number of hydrogen-bond acceptors (Lipinski definition) is 9. The fourth-order valence-corrected chi connectivity index (χ4v) is 4.33. The topological polar surface area (TPSA) is 121 Å². The summed E-state index contributed by atoms with van der Waals surface area (Å²) < 4.78 is 28.6. The summed E-state index contributed by atoms with van der Waals surface area (Å²) in [6.07, 6.45) is -6.67. The van der Waals surface area contributed by atoms with Gasteiger partial charge in [-0.15, -0.1) is 0 Å². The number of carbonyl (C=O) groups is 2. The summed E-state index contributed by atoms with van der Waals surface area (Å²) in [5, 5.41) is 20.8. The van der Waals surface area contributed by atoms with Crippen LogP contribution in [0, 0.1) is 0 Å². The van der Waals surface area contributed by atoms with Gasteiger partial charge in [0.05, 0.1) is 29.4 Å². The molecule has 0 aromatic heterocycles. The van der Waals surface area contributed by atoms with Crippen LogP contribution >= 0.6 is 0 Å². The molecule has 0 aliphatic carbocycles. The first-order valence-electron chi connectivity index (χ1n) is 11.7. The molecule has 0 unspecified atom stereocenters. The van der Waals surface area contributed by atoms with E-state index in [1.54, 1.807) is 74.5 Å². The van der Waals surface area contributed by atoms with Gasteiger partial charge >= 0.3 is 11.9 Å². The van der Waals surface area contributed by atoms with Crippen molar-refractivity contribution in [2.45, 2.75) is 75.9 Å². The third kappa shape index (κ3) is 6.25. The quantitative estimate of drug-likeness (QED) is 0.593. The van der Waals surface area contributed by atoms with Gasteiger partial charge in [0, 0.05) is 12.8 Å². The maximum absolute atomic E-state index is 12.6. The minimum atomic E-state index is -1.10. The van der Waals surface area contributed by atoms with Crippen LogP contribution < -0.4 is 0 Å². The maximum atomic E-state index is 12.6. The van der Waals surface area contributed by atoms with Crippen LogP contribution in [0.5, 0.6) is 0 Å². The zero-order chi connectivity index (χ0) is 24.9. The van der Waals surface area contributed by atoms with E-state index in [0.717, 1.165) is 0 Å². The standard InChI is InChI=1S/C26H30O9/c1-15-23(34-25(29)17-9-5-3-6-10-17)19(27)13-22(32-15)33-20-14-21(28)31-16(2)24(20)35-26(30)18-11-7-4-8-12-18/h3-12,15-16,19-24,27-28H,13-14H2,1-2H3/t15-,16-,19-,20-,21-,22+,23-,24-/m1/s1. The molecule has 0 saturated carbocycles. The highest BCUT2D eigenvalue weighted by Crippen LogP contribution is 2.30. The molecule has 2 aliphatic heterocycles. The number of hydrogen-bond donors (Lipinski definition) is 2. The lowest BCUT2D eigenvalue weighted by Gasteiger charge is -2.42. The predicted octanol–water partition coefficient (Wildman–Crippen LogP) is 2.45. The maximum Gasteiger partial charge on any atom is 0.338 e. The Labute approximate surface area is 203 Å². The monoisotopic (exact) mass is 486 g/mol. The van der Waals surface area contributed by atoms with Gasteiger partial charge in [0.2, 0.25) is 0 Å². The molecule has 0 spiro atoms. The molecular weight excluding hydrogens is 456 g/mol. The first kappa shape index (κ1) is 25.3. The Morgan fingerprint density at radius 1 is 0.771 bits per heavy atom. The lowest BCUT2D eigenvalue weighted by Crippen LogP contribution is -2.55. The second-order valence-corrected chi connectivity index (χ2v) is 8.75. The number of aliphatic hydroxyl groups excluding tert-OH is 2. The van der Waals surface area contributed by atoms with Crippen LogP contribution in [0.25, 0.3) is 0 Å². The van der Waals surface area contributed by atoms with Crippen LogP contribution in [0.2, 0.25) is 0 Å². The SMILES string of the molecule is C[C@H]1O[C@@H](O)C[C@@H](O[C@H]2C[C@@H](O)[C@H](OC(=O)c3ccccc3)[C@@H](C)O2)[C@@H]1OC(=O)c1ccccc1. The Hall–Kier alpha value is -2.82. The second kappa shape index (κ2) is 11.3. The number of aliphatic hydroxyl groups is 2. The first-order valence-corrected chi connectivity index (χ1v) is 11.7. The minimum absolute atomic E-state index is 0.0261. The van der Waals surface area contributed by atoms with E-state index in [9.17, 15) is 19.8 Å². The highest BCUT2D eigenvalue weighted by atomic mass is 16.7. The minimum Gasteiger partial charge on any atom is -0.453 e. The van der Waals surface area contributed by atoms with Gasteiger partial charge in [-0.05, 0) is 38.1 Å². The fraction of sp³-hybridized carbons (Fsp3) is 0.462. The lowest BCUT2D eigenvalue weighted by atomic mass is 10.00. The largest absolute Gasteiger partial charge is 0.453 e. The van der Waals surface area contributed by atoms with Crippen LogP contribution in [-0.2, 0) is 23.7 Å². The summed E-state index contributed by atoms with van der Waals surface area (Å²) in [6.45, 7) is 3.36. The molecule has 2 aromatic carbocycles. The Morgan fingerprint density at radius 2 is 1.29 bits per heavy atom. The number of benzene rings is 2. The van der Waals surface area contributed by atoms with Crippen molar-refractivity contribution in [1.29, 1.82) is 0 Å². The van der Waals surface area contributed by atoms with Gasteiger partial charge in [0.25, 0.3) is 0 Å². The van der Waals surface area contributed by atoms with Gasteiger partial charge in [-0.2, -0.15) is 0 Å². The van der Waals surface area contributed by atoms with E-state index < -0.39 is 61.1 Å². The summed E-state index contributed by atoms with van der Waals surface area (Å²) in [7, 11) is 0. The number of carbonyl (C=O) groups excluding carboxylic acids is 2. The molecule has 2 heterocycles. The zero-order valence-electron chi connectivity index (χ0n) is 19.6. The van der Waals surface area contributed by atoms with E-state index in [0.29, 0.717) is 11.1 Å². The molecule has 2 N–H and O–H groups in total. The summed E-state index contributed by atoms with van der Waals surface area (Å²) in [5.74, 6) is -1.10. The Kier molecular flexibility index (Phi) is 8.15. The van der Waals surface area contributed by atoms with Crippen LogP contribution in [0.1, 0.15) is 47.4 Å². The van der Waals surface area contributed by atoms with E-state index in [-0.39, 0.29) is 12.8 Å². The molecule has 4 rings (SSSR count). The zero-order valence-corrected chi connectivity index (χ0v) is 19.6. The smallest absolute Gasteiger partial charge is 0.338 e. The van der Waals surface area contributed by atoms with Crippen molar-refractivity contribution in [1.82, 2.24) is 0 Å². The molecule has 2 aromatic rings. The molecular formula is C26H30O9. The number of esters is 2. The summed E-state index contributed by atoms with van der Waals surface area (Å²) >= 11 is 0. The lowest BCUT2D eigenvalue weighted by molar-refractivity contribution is -0.300. The van der Waals surface area contributed by atoms with Crippen LogP contribution in [-0.4, -0.2) is 71.4 Å². The fourth-order valence-electron chi connectivity index (χ4n) is 4.33. The average molecular weight is 487 g/mol. The molecule has 9 nitrogen and oxygen atoms in total. The highest BCUT2D eigenvalue weighted by molar-refractivity contribution is 5.90. The molecule has 2 fully saturated rings. The first-order chi connectivity index (χ1) is 16.8. The van der Waals surface area contributed by atoms with Crippen molar-refractivity contribution < 1.29 is 43.5 Å². The van der Waals surface area contributed by atoms with Gasteiger partial charge in [-0.25, -0.2) is 9.59 Å². The molecule has 0 bridgehead atoms. The number of rotatable bonds is 6. The Bertz CT molecular complexity index is 971. The van der Waals surface area contributed by atoms with Gasteiger partial charge in [-0.3, -0.25) is 0 Å². The highest BCUT2D eigenvalue weighted by Gasteiger charge is 2.44. The molecule has 8 atom stereocenters. The van der Waals surface area contributed by atoms with Crippen LogP contribution in [0.15, 0.2) is 60.7 Å². The molecule has 0 radical (unpaired) electrons. The molecule has 35 heavy (non-hydrogen) atoms. The summed E-state index contributed by atoms with van der Waals surface area (Å²) in [4.78, 5) is 25.1. The van der Waals surface area contributed by atoms with Gasteiger partial charge in [0.15, 0.2) is 24.8 Å². The molecule has 0 amide bonds. The molecule has 2 saturated heterocycles. The van der Waals surface area contributed by atoms with E-state index >= 15 is 0 Å². The van der Waals surface area contributed by atoms with Crippen molar-refractivity contribution in [3.05, 3.63) is 71.8 Å². The third-order valence-corrected chi connectivity index (χ3v) is 6.11. The molecule has 2 aliphatic rings. The Balaban J connectivity index is 1.39. The van der Waals surface area contributed by atoms with Crippen molar-refractivity contribution >= 4 is 11.9 Å². The average Bonchev–Trinajstić information content (AvgIpc) is 2.84. The van der Waals surface area contributed by atoms with E-state index in [1.807, 2.05) is 0 Å². The van der Waals surface area contributed by atoms with E-state index in [1.165, 1.54) is 0 Å². The van der Waals surface area contributed by atoms with Crippen LogP contribution in [0.3, 0.4) is 0 Å². The normalized spacial score (nSPS) is 33.0. The van der Waals surface area contributed by atoms with Crippen LogP contribution in [0.4, 0.5) is 0 Å². The van der Waals surface area contributed by atoms with Gasteiger partial charge in [0.1, 0.15) is 6.10 Å². The Morgan fingerprint density at radius 3 is 1.83 bits per heavy atom. The van der Waals surface area contributed by atoms with E-state index in [2.05, 4.69) is 0 Å². The van der Waals surface area contributed by atoms with Crippen molar-refractivity contribution in [2.24, 2.45) is 0 Å². The predicted molar refractivity (Wildman–Crippen MR) is 122 cm³/mol. The molecule has 9 heteroatoms. The third-order valence-electron chi connectivity index (χ3n) is 6.11. The van der Waals surface area contributed by atoms with Crippen molar-refractivity contribution in [3.63, 3.8) is 0 Å². The number of ether oxygens (including phenoxy) is 5.